The highest BCUT2D eigenvalue weighted by Gasteiger charge is 2.07. The number of hydrazone groups is 1. The lowest BCUT2D eigenvalue weighted by Crippen LogP contribution is -2.17. The molecule has 0 unspecified atom stereocenters. The van der Waals surface area contributed by atoms with Crippen LogP contribution in [-0.2, 0) is 0 Å². The Morgan fingerprint density at radius 1 is 1.28 bits per heavy atom. The number of hydrogen-bond acceptors (Lipinski definition) is 4. The van der Waals surface area contributed by atoms with Gasteiger partial charge in [0, 0.05) is 16.7 Å². The standard InChI is InChI=1S/C18H15FN4O2/c1-25-16-4-2-3-13(9-16)18(24)23-21-11-14-10-20-22-17(14)12-5-7-15(19)8-6-12/h2-11H,1H3,(H,20,22)(H,23,24)/b21-11-. The summed E-state index contributed by atoms with van der Waals surface area (Å²) < 4.78 is 18.1. The number of nitrogens with zero attached hydrogens (tertiary/aromatic N) is 2. The second-order valence-electron chi connectivity index (χ2n) is 5.14. The summed E-state index contributed by atoms with van der Waals surface area (Å²) in [7, 11) is 1.53. The number of methoxy groups -OCH3 is 1. The van der Waals surface area contributed by atoms with Crippen LogP contribution in [0, 0.1) is 5.82 Å². The van der Waals surface area contributed by atoms with Crippen LogP contribution in [0.25, 0.3) is 11.3 Å². The van der Waals surface area contributed by atoms with Crippen LogP contribution in [-0.4, -0.2) is 29.4 Å². The Labute approximate surface area is 143 Å². The minimum absolute atomic E-state index is 0.316. The summed E-state index contributed by atoms with van der Waals surface area (Å²) in [6.45, 7) is 0. The van der Waals surface area contributed by atoms with Crippen molar-refractivity contribution in [1.29, 1.82) is 0 Å². The monoisotopic (exact) mass is 338 g/mol. The first kappa shape index (κ1) is 16.4. The minimum atomic E-state index is -0.359. The number of halogens is 1. The van der Waals surface area contributed by atoms with E-state index in [2.05, 4.69) is 20.7 Å². The van der Waals surface area contributed by atoms with Gasteiger partial charge >= 0.3 is 0 Å². The van der Waals surface area contributed by atoms with Crippen molar-refractivity contribution in [2.24, 2.45) is 5.10 Å². The van der Waals surface area contributed by atoms with E-state index in [1.807, 2.05) is 0 Å². The Bertz CT molecular complexity index is 903. The second-order valence-corrected chi connectivity index (χ2v) is 5.14. The fourth-order valence-corrected chi connectivity index (χ4v) is 2.23. The number of carbonyl (C=O) groups excluding carboxylic acids is 1. The quantitative estimate of drug-likeness (QED) is 0.554. The summed E-state index contributed by atoms with van der Waals surface area (Å²) in [5.41, 5.74) is 4.99. The Morgan fingerprint density at radius 2 is 2.08 bits per heavy atom. The number of nitrogens with one attached hydrogen (secondary N) is 2. The average Bonchev–Trinajstić information content (AvgIpc) is 3.11. The predicted molar refractivity (Wildman–Crippen MR) is 92.0 cm³/mol. The number of rotatable bonds is 5. The van der Waals surface area contributed by atoms with Crippen LogP contribution in [0.2, 0.25) is 0 Å². The summed E-state index contributed by atoms with van der Waals surface area (Å²) in [4.78, 5) is 12.1. The Morgan fingerprint density at radius 3 is 2.84 bits per heavy atom. The summed E-state index contributed by atoms with van der Waals surface area (Å²) in [6.07, 6.45) is 3.04. The van der Waals surface area contributed by atoms with Gasteiger partial charge in [-0.05, 0) is 42.5 Å². The summed E-state index contributed by atoms with van der Waals surface area (Å²) in [6, 6.07) is 12.7. The third-order valence-corrected chi connectivity index (χ3v) is 3.50. The van der Waals surface area contributed by atoms with Crippen LogP contribution in [0.4, 0.5) is 4.39 Å². The lowest BCUT2D eigenvalue weighted by molar-refractivity contribution is 0.0955. The molecule has 1 aromatic heterocycles. The van der Waals surface area contributed by atoms with E-state index in [0.29, 0.717) is 22.6 Å². The van der Waals surface area contributed by atoms with E-state index in [1.54, 1.807) is 42.6 Å². The highest BCUT2D eigenvalue weighted by atomic mass is 19.1. The largest absolute Gasteiger partial charge is 0.497 e. The van der Waals surface area contributed by atoms with Gasteiger partial charge in [0.1, 0.15) is 11.6 Å². The average molecular weight is 338 g/mol. The van der Waals surface area contributed by atoms with Crippen LogP contribution in [0.5, 0.6) is 5.75 Å². The van der Waals surface area contributed by atoms with E-state index in [0.717, 1.165) is 5.56 Å². The number of amides is 1. The number of aromatic nitrogens is 2. The molecule has 6 nitrogen and oxygen atoms in total. The van der Waals surface area contributed by atoms with E-state index in [9.17, 15) is 9.18 Å². The lowest BCUT2D eigenvalue weighted by Gasteiger charge is -2.03. The SMILES string of the molecule is COc1cccc(C(=O)N/N=C\c2cn[nH]c2-c2ccc(F)cc2)c1. The fourth-order valence-electron chi connectivity index (χ4n) is 2.23. The molecule has 0 aliphatic heterocycles. The summed E-state index contributed by atoms with van der Waals surface area (Å²) in [5, 5.41) is 10.7. The molecular formula is C18H15FN4O2. The first-order chi connectivity index (χ1) is 12.2. The van der Waals surface area contributed by atoms with E-state index < -0.39 is 0 Å². The third-order valence-electron chi connectivity index (χ3n) is 3.50. The van der Waals surface area contributed by atoms with Crippen molar-refractivity contribution >= 4 is 12.1 Å². The van der Waals surface area contributed by atoms with Gasteiger partial charge in [0.05, 0.1) is 25.2 Å². The smallest absolute Gasteiger partial charge is 0.271 e. The van der Waals surface area contributed by atoms with E-state index in [-0.39, 0.29) is 11.7 Å². The molecule has 3 aromatic rings. The molecule has 2 N–H and O–H groups in total. The first-order valence-corrected chi connectivity index (χ1v) is 7.44. The van der Waals surface area contributed by atoms with E-state index in [1.165, 1.54) is 25.5 Å². The van der Waals surface area contributed by atoms with Gasteiger partial charge in [0.2, 0.25) is 0 Å². The summed E-state index contributed by atoms with van der Waals surface area (Å²) >= 11 is 0. The predicted octanol–water partition coefficient (Wildman–Crippen LogP) is 2.99. The van der Waals surface area contributed by atoms with Gasteiger partial charge in [-0.25, -0.2) is 9.82 Å². The molecule has 0 saturated carbocycles. The van der Waals surface area contributed by atoms with Gasteiger partial charge < -0.3 is 4.74 Å². The van der Waals surface area contributed by atoms with Gasteiger partial charge in [-0.15, -0.1) is 0 Å². The van der Waals surface area contributed by atoms with E-state index in [4.69, 9.17) is 4.74 Å². The Kier molecular flexibility index (Phi) is 4.84. The zero-order valence-electron chi connectivity index (χ0n) is 13.4. The molecule has 0 spiro atoms. The molecule has 0 atom stereocenters. The van der Waals surface area contributed by atoms with Crippen molar-refractivity contribution in [2.75, 3.05) is 7.11 Å². The van der Waals surface area contributed by atoms with Gasteiger partial charge in [-0.1, -0.05) is 6.07 Å². The molecule has 1 amide bonds. The maximum Gasteiger partial charge on any atom is 0.271 e. The molecule has 1 heterocycles. The minimum Gasteiger partial charge on any atom is -0.497 e. The zero-order chi connectivity index (χ0) is 17.6. The molecule has 7 heteroatoms. The molecule has 25 heavy (non-hydrogen) atoms. The van der Waals surface area contributed by atoms with Gasteiger partial charge in [0.15, 0.2) is 0 Å². The number of aromatic amines is 1. The number of H-pyrrole nitrogens is 1. The molecule has 0 bridgehead atoms. The van der Waals surface area contributed by atoms with Gasteiger partial charge in [0.25, 0.3) is 5.91 Å². The van der Waals surface area contributed by atoms with Crippen molar-refractivity contribution in [3.63, 3.8) is 0 Å². The van der Waals surface area contributed by atoms with Gasteiger partial charge in [-0.2, -0.15) is 10.2 Å². The van der Waals surface area contributed by atoms with Crippen LogP contribution in [0.1, 0.15) is 15.9 Å². The van der Waals surface area contributed by atoms with E-state index >= 15 is 0 Å². The molecule has 0 saturated heterocycles. The molecule has 126 valence electrons. The van der Waals surface area contributed by atoms with Gasteiger partial charge in [-0.3, -0.25) is 9.89 Å². The number of benzene rings is 2. The molecule has 0 aliphatic rings. The Balaban J connectivity index is 1.72. The number of ether oxygens (including phenoxy) is 1. The van der Waals surface area contributed by atoms with Crippen LogP contribution >= 0.6 is 0 Å². The highest BCUT2D eigenvalue weighted by molar-refractivity contribution is 5.95. The summed E-state index contributed by atoms with van der Waals surface area (Å²) in [5.74, 6) is -0.0870. The second kappa shape index (κ2) is 7.39. The molecule has 2 aromatic carbocycles. The number of hydrogen-bond donors (Lipinski definition) is 2. The molecule has 0 aliphatic carbocycles. The van der Waals surface area contributed by atoms with Crippen LogP contribution < -0.4 is 10.2 Å². The normalized spacial score (nSPS) is 10.8. The lowest BCUT2D eigenvalue weighted by atomic mass is 10.1. The van der Waals surface area contributed by atoms with Crippen LogP contribution in [0.3, 0.4) is 0 Å². The molecule has 0 fully saturated rings. The zero-order valence-corrected chi connectivity index (χ0v) is 13.4. The van der Waals surface area contributed by atoms with Crippen molar-refractivity contribution in [1.82, 2.24) is 15.6 Å². The topological polar surface area (TPSA) is 79.4 Å². The highest BCUT2D eigenvalue weighted by Crippen LogP contribution is 2.20. The van der Waals surface area contributed by atoms with Crippen molar-refractivity contribution in [3.8, 4) is 17.0 Å². The third kappa shape index (κ3) is 3.89. The van der Waals surface area contributed by atoms with Crippen molar-refractivity contribution < 1.29 is 13.9 Å². The molecule has 0 radical (unpaired) electrons. The Hall–Kier alpha value is -3.48. The first-order valence-electron chi connectivity index (χ1n) is 7.44. The molecular weight excluding hydrogens is 323 g/mol. The fraction of sp³-hybridized carbons (Fsp3) is 0.0556. The molecule has 3 rings (SSSR count). The maximum absolute atomic E-state index is 13.0. The van der Waals surface area contributed by atoms with Crippen molar-refractivity contribution in [3.05, 3.63) is 71.7 Å². The maximum atomic E-state index is 13.0. The van der Waals surface area contributed by atoms with Crippen LogP contribution in [0.15, 0.2) is 59.8 Å². The van der Waals surface area contributed by atoms with Crippen molar-refractivity contribution in [2.45, 2.75) is 0 Å². The number of carbonyl (C=O) groups is 1.